The van der Waals surface area contributed by atoms with E-state index in [0.29, 0.717) is 19.6 Å². The lowest BCUT2D eigenvalue weighted by Gasteiger charge is -2.29. The third-order valence-corrected chi connectivity index (χ3v) is 7.20. The highest BCUT2D eigenvalue weighted by molar-refractivity contribution is 7.89. The second kappa shape index (κ2) is 12.1. The third kappa shape index (κ3) is 6.96. The van der Waals surface area contributed by atoms with Crippen LogP contribution in [0.15, 0.2) is 28.0 Å². The van der Waals surface area contributed by atoms with Crippen molar-refractivity contribution in [2.45, 2.75) is 84.2 Å². The van der Waals surface area contributed by atoms with E-state index < -0.39 is 10.0 Å². The Kier molecular flexibility index (Phi) is 10.6. The van der Waals surface area contributed by atoms with Crippen molar-refractivity contribution in [2.24, 2.45) is 0 Å². The van der Waals surface area contributed by atoms with Gasteiger partial charge in [-0.25, -0.2) is 8.42 Å². The minimum atomic E-state index is -3.69. The van der Waals surface area contributed by atoms with E-state index >= 15 is 0 Å². The predicted molar refractivity (Wildman–Crippen MR) is 116 cm³/mol. The van der Waals surface area contributed by atoms with Crippen LogP contribution in [0.5, 0.6) is 0 Å². The molecule has 1 unspecified atom stereocenters. The van der Waals surface area contributed by atoms with E-state index in [9.17, 15) is 18.0 Å². The molecule has 0 aliphatic heterocycles. The van der Waals surface area contributed by atoms with Crippen molar-refractivity contribution in [3.63, 3.8) is 0 Å². The summed E-state index contributed by atoms with van der Waals surface area (Å²) in [6.45, 7) is 10.9. The van der Waals surface area contributed by atoms with Gasteiger partial charge in [-0.05, 0) is 25.8 Å². The molecule has 1 heterocycles. The number of unbranched alkanes of at least 4 members (excludes halogenated alkanes) is 2. The summed E-state index contributed by atoms with van der Waals surface area (Å²) in [6.07, 6.45) is 6.18. The zero-order valence-electron chi connectivity index (χ0n) is 18.6. The third-order valence-electron chi connectivity index (χ3n) is 5.17. The van der Waals surface area contributed by atoms with Crippen LogP contribution in [0, 0.1) is 0 Å². The zero-order chi connectivity index (χ0) is 22.0. The van der Waals surface area contributed by atoms with Gasteiger partial charge in [0.15, 0.2) is 0 Å². The average Bonchev–Trinajstić information content (AvgIpc) is 2.67. The fourth-order valence-corrected chi connectivity index (χ4v) is 4.91. The molecular weight excluding hydrogens is 390 g/mol. The standard InChI is InChI=1S/C21H37N3O4S/c1-6-10-11-15-24(18(5)12-7-2)21(26)17-22-16-19(13-14-20(22)25)29(27,28)23(8-3)9-4/h13-14,16,18H,6-12,15,17H2,1-5H3. The topological polar surface area (TPSA) is 79.7 Å². The second-order valence-electron chi connectivity index (χ2n) is 7.35. The lowest BCUT2D eigenvalue weighted by molar-refractivity contribution is -0.134. The molecule has 0 bridgehead atoms. The summed E-state index contributed by atoms with van der Waals surface area (Å²) in [5.74, 6) is -0.151. The first-order chi connectivity index (χ1) is 13.7. The monoisotopic (exact) mass is 427 g/mol. The molecule has 0 spiro atoms. The van der Waals surface area contributed by atoms with Crippen molar-refractivity contribution in [3.05, 3.63) is 28.7 Å². The number of amides is 1. The molecular formula is C21H37N3O4S. The van der Waals surface area contributed by atoms with Crippen molar-refractivity contribution >= 4 is 15.9 Å². The fourth-order valence-electron chi connectivity index (χ4n) is 3.43. The van der Waals surface area contributed by atoms with Crippen molar-refractivity contribution in [1.82, 2.24) is 13.8 Å². The molecule has 0 radical (unpaired) electrons. The van der Waals surface area contributed by atoms with E-state index in [4.69, 9.17) is 0 Å². The lowest BCUT2D eigenvalue weighted by Crippen LogP contribution is -2.42. The van der Waals surface area contributed by atoms with Gasteiger partial charge in [0.05, 0.1) is 4.90 Å². The number of nitrogens with zero attached hydrogens (tertiary/aromatic N) is 3. The van der Waals surface area contributed by atoms with Crippen LogP contribution in [-0.4, -0.2) is 53.8 Å². The summed E-state index contributed by atoms with van der Waals surface area (Å²) in [5, 5.41) is 0. The maximum absolute atomic E-state index is 13.0. The van der Waals surface area contributed by atoms with Crippen LogP contribution in [0.3, 0.4) is 0 Å². The van der Waals surface area contributed by atoms with E-state index in [-0.39, 0.29) is 28.9 Å². The van der Waals surface area contributed by atoms with Crippen molar-refractivity contribution < 1.29 is 13.2 Å². The number of sulfonamides is 1. The predicted octanol–water partition coefficient (Wildman–Crippen LogP) is 3.09. The lowest BCUT2D eigenvalue weighted by atomic mass is 10.1. The smallest absolute Gasteiger partial charge is 0.251 e. The summed E-state index contributed by atoms with van der Waals surface area (Å²) < 4.78 is 28.1. The number of pyridine rings is 1. The van der Waals surface area contributed by atoms with Crippen molar-refractivity contribution in [3.8, 4) is 0 Å². The quantitative estimate of drug-likeness (QED) is 0.453. The molecule has 0 N–H and O–H groups in total. The van der Waals surface area contributed by atoms with Crippen LogP contribution in [0.25, 0.3) is 0 Å². The molecule has 0 aliphatic rings. The van der Waals surface area contributed by atoms with Crippen LogP contribution >= 0.6 is 0 Å². The first-order valence-corrected chi connectivity index (χ1v) is 12.2. The van der Waals surface area contributed by atoms with Crippen molar-refractivity contribution in [2.75, 3.05) is 19.6 Å². The molecule has 1 amide bonds. The Labute approximate surface area is 175 Å². The van der Waals surface area contributed by atoms with Gasteiger partial charge in [0.1, 0.15) is 6.54 Å². The van der Waals surface area contributed by atoms with Gasteiger partial charge in [-0.3, -0.25) is 9.59 Å². The molecule has 1 aromatic rings. The normalized spacial score (nSPS) is 12.9. The maximum atomic E-state index is 13.0. The molecule has 1 rings (SSSR count). The fraction of sp³-hybridized carbons (Fsp3) is 0.714. The Morgan fingerprint density at radius 3 is 2.28 bits per heavy atom. The number of aromatic nitrogens is 1. The first-order valence-electron chi connectivity index (χ1n) is 10.7. The minimum Gasteiger partial charge on any atom is -0.338 e. The zero-order valence-corrected chi connectivity index (χ0v) is 19.4. The number of carbonyl (C=O) groups is 1. The molecule has 0 aliphatic carbocycles. The van der Waals surface area contributed by atoms with Gasteiger partial charge in [0.2, 0.25) is 15.9 Å². The van der Waals surface area contributed by atoms with Crippen LogP contribution in [0.2, 0.25) is 0 Å². The number of rotatable bonds is 13. The van der Waals surface area contributed by atoms with Crippen LogP contribution in [-0.2, 0) is 21.4 Å². The molecule has 29 heavy (non-hydrogen) atoms. The highest BCUT2D eigenvalue weighted by Crippen LogP contribution is 2.15. The molecule has 1 aromatic heterocycles. The Morgan fingerprint density at radius 1 is 1.07 bits per heavy atom. The highest BCUT2D eigenvalue weighted by atomic mass is 32.2. The maximum Gasteiger partial charge on any atom is 0.251 e. The SMILES string of the molecule is CCCCCN(C(=O)Cn1cc(S(=O)(=O)N(CC)CC)ccc1=O)C(C)CCC. The minimum absolute atomic E-state index is 0.0349. The largest absolute Gasteiger partial charge is 0.338 e. The summed E-state index contributed by atoms with van der Waals surface area (Å²) in [5.41, 5.74) is -0.381. The van der Waals surface area contributed by atoms with Gasteiger partial charge < -0.3 is 9.47 Å². The van der Waals surface area contributed by atoms with Gasteiger partial charge in [-0.15, -0.1) is 0 Å². The number of hydrogen-bond acceptors (Lipinski definition) is 4. The Bertz CT molecular complexity index is 800. The second-order valence-corrected chi connectivity index (χ2v) is 9.29. The van der Waals surface area contributed by atoms with Gasteiger partial charge in [0, 0.05) is 37.9 Å². The van der Waals surface area contributed by atoms with Crippen LogP contribution < -0.4 is 5.56 Å². The molecule has 1 atom stereocenters. The average molecular weight is 428 g/mol. The Morgan fingerprint density at radius 2 is 1.72 bits per heavy atom. The molecule has 0 saturated carbocycles. The molecule has 7 nitrogen and oxygen atoms in total. The Balaban J connectivity index is 3.13. The van der Waals surface area contributed by atoms with Crippen LogP contribution in [0.4, 0.5) is 0 Å². The molecule has 0 aromatic carbocycles. The highest BCUT2D eigenvalue weighted by Gasteiger charge is 2.24. The van der Waals surface area contributed by atoms with Crippen molar-refractivity contribution in [1.29, 1.82) is 0 Å². The van der Waals surface area contributed by atoms with E-state index in [1.54, 1.807) is 13.8 Å². The molecule has 166 valence electrons. The molecule has 8 heteroatoms. The van der Waals surface area contributed by atoms with E-state index in [1.807, 2.05) is 11.8 Å². The van der Waals surface area contributed by atoms with Gasteiger partial charge in [-0.2, -0.15) is 4.31 Å². The molecule has 0 fully saturated rings. The number of carbonyl (C=O) groups excluding carboxylic acids is 1. The summed E-state index contributed by atoms with van der Waals surface area (Å²) in [7, 11) is -3.69. The van der Waals surface area contributed by atoms with Gasteiger partial charge in [0.25, 0.3) is 5.56 Å². The summed E-state index contributed by atoms with van der Waals surface area (Å²) >= 11 is 0. The van der Waals surface area contributed by atoms with E-state index in [1.165, 1.54) is 27.2 Å². The van der Waals surface area contributed by atoms with E-state index in [2.05, 4.69) is 13.8 Å². The van der Waals surface area contributed by atoms with Gasteiger partial charge in [-0.1, -0.05) is 47.0 Å². The Hall–Kier alpha value is -1.67. The number of hydrogen-bond donors (Lipinski definition) is 0. The van der Waals surface area contributed by atoms with Crippen LogP contribution in [0.1, 0.15) is 66.7 Å². The summed E-state index contributed by atoms with van der Waals surface area (Å²) in [4.78, 5) is 27.2. The molecule has 0 saturated heterocycles. The van der Waals surface area contributed by atoms with E-state index in [0.717, 1.165) is 32.1 Å². The van der Waals surface area contributed by atoms with Gasteiger partial charge >= 0.3 is 0 Å². The summed E-state index contributed by atoms with van der Waals surface area (Å²) in [6, 6.07) is 2.62. The first kappa shape index (κ1) is 25.4.